The lowest BCUT2D eigenvalue weighted by atomic mass is 9.96. The van der Waals surface area contributed by atoms with Crippen molar-refractivity contribution >= 4 is 23.4 Å². The summed E-state index contributed by atoms with van der Waals surface area (Å²) >= 11 is 5.91. The first-order valence-corrected chi connectivity index (χ1v) is 9.16. The van der Waals surface area contributed by atoms with Crippen LogP contribution in [0.3, 0.4) is 0 Å². The van der Waals surface area contributed by atoms with Gasteiger partial charge in [0.25, 0.3) is 0 Å². The number of hydrogen-bond acceptors (Lipinski definition) is 3. The summed E-state index contributed by atoms with van der Waals surface area (Å²) < 4.78 is 0. The highest BCUT2D eigenvalue weighted by Gasteiger charge is 2.23. The van der Waals surface area contributed by atoms with Gasteiger partial charge >= 0.3 is 0 Å². The van der Waals surface area contributed by atoms with Gasteiger partial charge < -0.3 is 10.6 Å². The minimum absolute atomic E-state index is 0.0428. The predicted octanol–water partition coefficient (Wildman–Crippen LogP) is 2.58. The van der Waals surface area contributed by atoms with E-state index in [-0.39, 0.29) is 24.4 Å². The Balaban J connectivity index is 1.68. The largest absolute Gasteiger partial charge is 0.352 e. The van der Waals surface area contributed by atoms with Crippen molar-refractivity contribution in [1.29, 1.82) is 0 Å². The molecule has 0 atom stereocenters. The maximum absolute atomic E-state index is 12.0. The Bertz CT molecular complexity index is 588. The number of carbonyl (C=O) groups excluding carboxylic acids is 2. The average molecular weight is 366 g/mol. The SMILES string of the molecule is CC(C)(C)C(=O)NCC(=O)NC1CCN(Cc2ccc(Cl)cc2)CC1. The summed E-state index contributed by atoms with van der Waals surface area (Å²) in [6.45, 7) is 8.33. The van der Waals surface area contributed by atoms with E-state index < -0.39 is 5.41 Å². The van der Waals surface area contributed by atoms with Crippen LogP contribution in [0, 0.1) is 5.41 Å². The number of piperidine rings is 1. The van der Waals surface area contributed by atoms with Crippen LogP contribution in [0.1, 0.15) is 39.2 Å². The van der Waals surface area contributed by atoms with Gasteiger partial charge in [-0.2, -0.15) is 0 Å². The second-order valence-electron chi connectivity index (χ2n) is 7.68. The topological polar surface area (TPSA) is 61.4 Å². The van der Waals surface area contributed by atoms with E-state index in [1.807, 2.05) is 45.0 Å². The van der Waals surface area contributed by atoms with E-state index in [9.17, 15) is 9.59 Å². The molecule has 2 N–H and O–H groups in total. The summed E-state index contributed by atoms with van der Waals surface area (Å²) in [6.07, 6.45) is 1.85. The first-order valence-electron chi connectivity index (χ1n) is 8.78. The van der Waals surface area contributed by atoms with Crippen LogP contribution in [0.25, 0.3) is 0 Å². The van der Waals surface area contributed by atoms with Crippen LogP contribution in [-0.4, -0.2) is 42.4 Å². The maximum atomic E-state index is 12.0. The monoisotopic (exact) mass is 365 g/mol. The highest BCUT2D eigenvalue weighted by atomic mass is 35.5. The van der Waals surface area contributed by atoms with Crippen LogP contribution in [0.4, 0.5) is 0 Å². The predicted molar refractivity (Wildman–Crippen MR) is 100 cm³/mol. The summed E-state index contributed by atoms with van der Waals surface area (Å²) in [5, 5.41) is 6.46. The molecular formula is C19H28ClN3O2. The van der Waals surface area contributed by atoms with E-state index in [4.69, 9.17) is 11.6 Å². The number of carbonyl (C=O) groups is 2. The summed E-state index contributed by atoms with van der Waals surface area (Å²) in [5.41, 5.74) is 0.768. The van der Waals surface area contributed by atoms with Gasteiger partial charge in [-0.05, 0) is 30.5 Å². The fourth-order valence-electron chi connectivity index (χ4n) is 2.79. The van der Waals surface area contributed by atoms with Gasteiger partial charge in [-0.3, -0.25) is 14.5 Å². The highest BCUT2D eigenvalue weighted by Crippen LogP contribution is 2.16. The second-order valence-corrected chi connectivity index (χ2v) is 8.11. The van der Waals surface area contributed by atoms with E-state index in [0.29, 0.717) is 0 Å². The van der Waals surface area contributed by atoms with Crippen molar-refractivity contribution in [2.45, 2.75) is 46.2 Å². The number of rotatable bonds is 5. The van der Waals surface area contributed by atoms with Crippen molar-refractivity contribution in [3.8, 4) is 0 Å². The van der Waals surface area contributed by atoms with Gasteiger partial charge in [0.1, 0.15) is 0 Å². The lowest BCUT2D eigenvalue weighted by Gasteiger charge is -2.32. The van der Waals surface area contributed by atoms with E-state index in [1.54, 1.807) is 0 Å². The van der Waals surface area contributed by atoms with E-state index in [2.05, 4.69) is 15.5 Å². The average Bonchev–Trinajstić information content (AvgIpc) is 2.55. The molecule has 1 fully saturated rings. The van der Waals surface area contributed by atoms with Crippen LogP contribution >= 0.6 is 11.6 Å². The molecular weight excluding hydrogens is 338 g/mol. The van der Waals surface area contributed by atoms with Crippen LogP contribution in [-0.2, 0) is 16.1 Å². The Labute approximate surface area is 155 Å². The third-order valence-corrected chi connectivity index (χ3v) is 4.61. The van der Waals surface area contributed by atoms with Crippen molar-refractivity contribution in [3.63, 3.8) is 0 Å². The maximum Gasteiger partial charge on any atom is 0.239 e. The molecule has 0 unspecified atom stereocenters. The number of amides is 2. The Morgan fingerprint density at radius 2 is 1.76 bits per heavy atom. The molecule has 1 aliphatic heterocycles. The lowest BCUT2D eigenvalue weighted by molar-refractivity contribution is -0.131. The molecule has 0 saturated carbocycles. The highest BCUT2D eigenvalue weighted by molar-refractivity contribution is 6.30. The number of nitrogens with one attached hydrogen (secondary N) is 2. The van der Waals surface area contributed by atoms with Crippen LogP contribution in [0.2, 0.25) is 5.02 Å². The number of nitrogens with zero attached hydrogens (tertiary/aromatic N) is 1. The number of likely N-dealkylation sites (tertiary alicyclic amines) is 1. The summed E-state index contributed by atoms with van der Waals surface area (Å²) in [4.78, 5) is 26.2. The minimum Gasteiger partial charge on any atom is -0.352 e. The molecule has 0 bridgehead atoms. The number of benzene rings is 1. The Kier molecular flexibility index (Phi) is 6.85. The quantitative estimate of drug-likeness (QED) is 0.843. The van der Waals surface area contributed by atoms with Crippen molar-refractivity contribution in [1.82, 2.24) is 15.5 Å². The molecule has 1 aromatic carbocycles. The Morgan fingerprint density at radius 1 is 1.16 bits per heavy atom. The molecule has 1 heterocycles. The molecule has 138 valence electrons. The van der Waals surface area contributed by atoms with E-state index >= 15 is 0 Å². The molecule has 2 amide bonds. The number of halogens is 1. The van der Waals surface area contributed by atoms with Crippen molar-refractivity contribution in [3.05, 3.63) is 34.9 Å². The van der Waals surface area contributed by atoms with Gasteiger partial charge in [-0.25, -0.2) is 0 Å². The zero-order chi connectivity index (χ0) is 18.4. The van der Waals surface area contributed by atoms with Gasteiger partial charge in [-0.1, -0.05) is 44.5 Å². The summed E-state index contributed by atoms with van der Waals surface area (Å²) in [6, 6.07) is 8.11. The van der Waals surface area contributed by atoms with Crippen LogP contribution < -0.4 is 10.6 Å². The summed E-state index contributed by atoms with van der Waals surface area (Å²) in [5.74, 6) is -0.228. The first-order chi connectivity index (χ1) is 11.7. The molecule has 5 nitrogen and oxygen atoms in total. The smallest absolute Gasteiger partial charge is 0.239 e. The third-order valence-electron chi connectivity index (χ3n) is 4.36. The fraction of sp³-hybridized carbons (Fsp3) is 0.579. The Morgan fingerprint density at radius 3 is 2.32 bits per heavy atom. The zero-order valence-electron chi connectivity index (χ0n) is 15.3. The summed E-state index contributed by atoms with van der Waals surface area (Å²) in [7, 11) is 0. The second kappa shape index (κ2) is 8.68. The third kappa shape index (κ3) is 6.67. The standard InChI is InChI=1S/C19H28ClN3O2/c1-19(2,3)18(25)21-12-17(24)22-16-8-10-23(11-9-16)13-14-4-6-15(20)7-5-14/h4-7,16H,8-13H2,1-3H3,(H,21,25)(H,22,24). The van der Waals surface area contributed by atoms with Crippen molar-refractivity contribution in [2.24, 2.45) is 5.41 Å². The molecule has 2 rings (SSSR count). The molecule has 1 aliphatic rings. The van der Waals surface area contributed by atoms with Gasteiger partial charge in [0.15, 0.2) is 0 Å². The molecule has 1 saturated heterocycles. The van der Waals surface area contributed by atoms with Gasteiger partial charge in [0, 0.05) is 36.1 Å². The molecule has 6 heteroatoms. The van der Waals surface area contributed by atoms with Crippen LogP contribution in [0.5, 0.6) is 0 Å². The first kappa shape index (κ1) is 19.7. The molecule has 25 heavy (non-hydrogen) atoms. The Hall–Kier alpha value is -1.59. The van der Waals surface area contributed by atoms with E-state index in [1.165, 1.54) is 5.56 Å². The van der Waals surface area contributed by atoms with Gasteiger partial charge in [0.05, 0.1) is 6.54 Å². The minimum atomic E-state index is -0.479. The van der Waals surface area contributed by atoms with E-state index in [0.717, 1.165) is 37.5 Å². The van der Waals surface area contributed by atoms with Gasteiger partial charge in [0.2, 0.25) is 11.8 Å². The fourth-order valence-corrected chi connectivity index (χ4v) is 2.91. The lowest BCUT2D eigenvalue weighted by Crippen LogP contribution is -2.48. The molecule has 0 aromatic heterocycles. The van der Waals surface area contributed by atoms with Crippen molar-refractivity contribution in [2.75, 3.05) is 19.6 Å². The van der Waals surface area contributed by atoms with Crippen LogP contribution in [0.15, 0.2) is 24.3 Å². The van der Waals surface area contributed by atoms with Crippen molar-refractivity contribution < 1.29 is 9.59 Å². The molecule has 1 aromatic rings. The molecule has 0 radical (unpaired) electrons. The normalized spacial score (nSPS) is 16.5. The number of hydrogen-bond donors (Lipinski definition) is 2. The zero-order valence-corrected chi connectivity index (χ0v) is 16.0. The van der Waals surface area contributed by atoms with Gasteiger partial charge in [-0.15, -0.1) is 0 Å². The molecule has 0 aliphatic carbocycles. The molecule has 0 spiro atoms.